The average Bonchev–Trinajstić information content (AvgIpc) is 1.77. The Morgan fingerprint density at radius 3 is 2.33 bits per heavy atom. The predicted molar refractivity (Wildman–Crippen MR) is 42.1 cm³/mol. The van der Waals surface area contributed by atoms with E-state index in [1.165, 1.54) is 18.9 Å². The van der Waals surface area contributed by atoms with Crippen LogP contribution in [0.1, 0.15) is 19.3 Å². The van der Waals surface area contributed by atoms with Gasteiger partial charge in [-0.1, -0.05) is 32.0 Å². The second kappa shape index (κ2) is 2.43. The second-order valence-corrected chi connectivity index (χ2v) is 8.89. The first-order valence-corrected chi connectivity index (χ1v) is 7.09. The van der Waals surface area contributed by atoms with Gasteiger partial charge in [-0.05, 0) is 6.42 Å². The Balaban J connectivity index is 2.49. The maximum Gasteiger partial charge on any atom is 0.0812 e. The van der Waals surface area contributed by atoms with E-state index in [0.29, 0.717) is 0 Å². The van der Waals surface area contributed by atoms with Crippen molar-refractivity contribution in [2.24, 2.45) is 0 Å². The Labute approximate surface area is 58.1 Å². The molecule has 0 aliphatic carbocycles. The Hall–Kier alpha value is 0.177. The van der Waals surface area contributed by atoms with Gasteiger partial charge in [0.05, 0.1) is 8.07 Å². The summed E-state index contributed by atoms with van der Waals surface area (Å²) in [6.45, 7) is 4.58. The summed E-state index contributed by atoms with van der Waals surface area (Å²) in [5, 5.41) is 9.50. The van der Waals surface area contributed by atoms with Gasteiger partial charge in [-0.2, -0.15) is 0 Å². The topological polar surface area (TPSA) is 20.2 Å². The molecular weight excluding hydrogens is 128 g/mol. The molecule has 1 heterocycles. The van der Waals surface area contributed by atoms with E-state index < -0.39 is 8.07 Å². The molecule has 2 heteroatoms. The lowest BCUT2D eigenvalue weighted by Gasteiger charge is -2.32. The normalized spacial score (nSPS) is 34.3. The van der Waals surface area contributed by atoms with Crippen molar-refractivity contribution in [2.45, 2.75) is 44.1 Å². The van der Waals surface area contributed by atoms with E-state index in [4.69, 9.17) is 0 Å². The van der Waals surface area contributed by atoms with Crippen molar-refractivity contribution < 1.29 is 5.11 Å². The molecule has 0 radical (unpaired) electrons. The molecule has 1 aliphatic rings. The molecular formula is C7H16OSi. The second-order valence-electron chi connectivity index (χ2n) is 3.75. The van der Waals surface area contributed by atoms with Gasteiger partial charge >= 0.3 is 0 Å². The molecule has 1 nitrogen and oxygen atoms in total. The minimum atomic E-state index is -1.14. The summed E-state index contributed by atoms with van der Waals surface area (Å²) >= 11 is 0. The molecule has 1 aliphatic heterocycles. The molecule has 0 spiro atoms. The van der Waals surface area contributed by atoms with E-state index in [0.717, 1.165) is 6.42 Å². The van der Waals surface area contributed by atoms with Crippen molar-refractivity contribution in [3.05, 3.63) is 0 Å². The fraction of sp³-hybridized carbons (Fsp3) is 1.00. The third kappa shape index (κ3) is 1.55. The molecule has 1 N–H and O–H groups in total. The fourth-order valence-electron chi connectivity index (χ4n) is 1.48. The molecule has 0 bridgehead atoms. The first-order valence-electron chi connectivity index (χ1n) is 3.81. The smallest absolute Gasteiger partial charge is 0.0812 e. The lowest BCUT2D eigenvalue weighted by atomic mass is 10.2. The number of rotatable bonds is 0. The van der Waals surface area contributed by atoms with Gasteiger partial charge in [-0.15, -0.1) is 0 Å². The van der Waals surface area contributed by atoms with Crippen LogP contribution in [0.15, 0.2) is 0 Å². The zero-order valence-electron chi connectivity index (χ0n) is 6.35. The summed E-state index contributed by atoms with van der Waals surface area (Å²) in [6, 6.07) is 1.33. The largest absolute Gasteiger partial charge is 0.397 e. The Morgan fingerprint density at radius 2 is 2.00 bits per heavy atom. The Kier molecular flexibility index (Phi) is 1.96. The number of aliphatic hydroxyl groups excluding tert-OH is 1. The summed E-state index contributed by atoms with van der Waals surface area (Å²) in [4.78, 5) is 0. The summed E-state index contributed by atoms with van der Waals surface area (Å²) in [6.07, 6.45) is 3.67. The molecule has 0 saturated carbocycles. The minimum absolute atomic E-state index is 0.0891. The zero-order valence-corrected chi connectivity index (χ0v) is 7.35. The van der Waals surface area contributed by atoms with Gasteiger partial charge < -0.3 is 5.11 Å². The standard InChI is InChI=1S/C7H16OSi/c1-9(2)6-4-3-5-7(9)8/h7-8H,3-6H2,1-2H3/t7-/m0/s1. The molecule has 0 aromatic rings. The van der Waals surface area contributed by atoms with Crippen LogP contribution in [0.25, 0.3) is 0 Å². The quantitative estimate of drug-likeness (QED) is 0.514. The highest BCUT2D eigenvalue weighted by Gasteiger charge is 2.32. The number of aliphatic hydroxyl groups is 1. The van der Waals surface area contributed by atoms with Crippen LogP contribution in [-0.4, -0.2) is 18.9 Å². The molecule has 0 aromatic heterocycles. The van der Waals surface area contributed by atoms with Gasteiger partial charge in [-0.25, -0.2) is 0 Å². The lowest BCUT2D eigenvalue weighted by Crippen LogP contribution is -2.43. The van der Waals surface area contributed by atoms with Crippen LogP contribution in [0.4, 0.5) is 0 Å². The van der Waals surface area contributed by atoms with E-state index in [2.05, 4.69) is 13.1 Å². The highest BCUT2D eigenvalue weighted by molar-refractivity contribution is 6.78. The van der Waals surface area contributed by atoms with Crippen LogP contribution in [0, 0.1) is 0 Å². The van der Waals surface area contributed by atoms with Gasteiger partial charge in [0.1, 0.15) is 0 Å². The van der Waals surface area contributed by atoms with E-state index in [9.17, 15) is 5.11 Å². The van der Waals surface area contributed by atoms with Gasteiger partial charge in [-0.3, -0.25) is 0 Å². The lowest BCUT2D eigenvalue weighted by molar-refractivity contribution is 0.220. The minimum Gasteiger partial charge on any atom is -0.397 e. The van der Waals surface area contributed by atoms with Crippen molar-refractivity contribution >= 4 is 8.07 Å². The third-order valence-electron chi connectivity index (χ3n) is 2.45. The molecule has 9 heavy (non-hydrogen) atoms. The van der Waals surface area contributed by atoms with Crippen LogP contribution in [0.5, 0.6) is 0 Å². The van der Waals surface area contributed by atoms with Crippen molar-refractivity contribution in [2.75, 3.05) is 0 Å². The third-order valence-corrected chi connectivity index (χ3v) is 6.19. The SMILES string of the molecule is C[Si]1(C)CCCC[C@H]1O. The number of hydrogen-bond donors (Lipinski definition) is 1. The molecule has 1 fully saturated rings. The maximum atomic E-state index is 9.50. The number of hydrogen-bond acceptors (Lipinski definition) is 1. The van der Waals surface area contributed by atoms with E-state index in [1.54, 1.807) is 0 Å². The summed E-state index contributed by atoms with van der Waals surface area (Å²) in [7, 11) is -1.14. The molecule has 1 rings (SSSR count). The molecule has 1 atom stereocenters. The van der Waals surface area contributed by atoms with Crippen molar-refractivity contribution in [3.8, 4) is 0 Å². The molecule has 0 aromatic carbocycles. The Bertz CT molecular complexity index is 101. The zero-order chi connectivity index (χ0) is 6.91. The molecule has 0 unspecified atom stereocenters. The van der Waals surface area contributed by atoms with Crippen LogP contribution in [-0.2, 0) is 0 Å². The van der Waals surface area contributed by atoms with Gasteiger partial charge in [0.15, 0.2) is 0 Å². The van der Waals surface area contributed by atoms with Gasteiger partial charge in [0.2, 0.25) is 0 Å². The van der Waals surface area contributed by atoms with Crippen LogP contribution in [0.3, 0.4) is 0 Å². The van der Waals surface area contributed by atoms with Crippen LogP contribution in [0.2, 0.25) is 19.1 Å². The summed E-state index contributed by atoms with van der Waals surface area (Å²) < 4.78 is 0. The van der Waals surface area contributed by atoms with E-state index in [-0.39, 0.29) is 5.73 Å². The van der Waals surface area contributed by atoms with Crippen molar-refractivity contribution in [1.29, 1.82) is 0 Å². The van der Waals surface area contributed by atoms with Gasteiger partial charge in [0.25, 0.3) is 0 Å². The summed E-state index contributed by atoms with van der Waals surface area (Å²) in [5.41, 5.74) is 0.0891. The van der Waals surface area contributed by atoms with E-state index in [1.807, 2.05) is 0 Å². The van der Waals surface area contributed by atoms with E-state index >= 15 is 0 Å². The van der Waals surface area contributed by atoms with Crippen LogP contribution >= 0.6 is 0 Å². The predicted octanol–water partition coefficient (Wildman–Crippen LogP) is 1.78. The Morgan fingerprint density at radius 1 is 1.33 bits per heavy atom. The average molecular weight is 144 g/mol. The molecule has 1 saturated heterocycles. The molecule has 0 amide bonds. The molecule has 54 valence electrons. The highest BCUT2D eigenvalue weighted by atomic mass is 28.3. The van der Waals surface area contributed by atoms with Crippen molar-refractivity contribution in [1.82, 2.24) is 0 Å². The maximum absolute atomic E-state index is 9.50. The van der Waals surface area contributed by atoms with Gasteiger partial charge in [0, 0.05) is 5.73 Å². The first-order chi connectivity index (χ1) is 4.13. The van der Waals surface area contributed by atoms with Crippen molar-refractivity contribution in [3.63, 3.8) is 0 Å². The fourth-order valence-corrected chi connectivity index (χ4v) is 3.96. The summed E-state index contributed by atoms with van der Waals surface area (Å²) in [5.74, 6) is 0. The highest BCUT2D eigenvalue weighted by Crippen LogP contribution is 2.26. The monoisotopic (exact) mass is 144 g/mol. The first kappa shape index (κ1) is 7.29. The van der Waals surface area contributed by atoms with Crippen LogP contribution < -0.4 is 0 Å².